The number of nitrogens with one attached hydrogen (secondary N) is 2. The summed E-state index contributed by atoms with van der Waals surface area (Å²) >= 11 is 5.58. The van der Waals surface area contributed by atoms with E-state index in [1.54, 1.807) is 0 Å². The Labute approximate surface area is 157 Å². The van der Waals surface area contributed by atoms with Crippen LogP contribution in [0.2, 0.25) is 5.02 Å². The third-order valence-electron chi connectivity index (χ3n) is 4.53. The minimum atomic E-state index is -4.66. The molecule has 0 fully saturated rings. The largest absolute Gasteiger partial charge is 0.417 e. The number of aromatic amines is 1. The average Bonchev–Trinajstić information content (AvgIpc) is 2.82. The van der Waals surface area contributed by atoms with Crippen LogP contribution in [0.5, 0.6) is 0 Å². The number of hydrogen-bond donors (Lipinski definition) is 2. The van der Waals surface area contributed by atoms with Crippen LogP contribution in [0.15, 0.2) is 17.1 Å². The van der Waals surface area contributed by atoms with Crippen LogP contribution in [0.3, 0.4) is 0 Å². The summed E-state index contributed by atoms with van der Waals surface area (Å²) in [6.07, 6.45) is 0.976. The highest BCUT2D eigenvalue weighted by Crippen LogP contribution is 2.29. The number of nitrogens with zero attached hydrogens (tertiary/aromatic N) is 2. The van der Waals surface area contributed by atoms with E-state index in [0.717, 1.165) is 49.1 Å². The molecule has 0 aliphatic heterocycles. The summed E-state index contributed by atoms with van der Waals surface area (Å²) in [4.78, 5) is 24.0. The normalized spacial score (nSPS) is 14.5. The number of halogens is 4. The van der Waals surface area contributed by atoms with Gasteiger partial charge in [0.2, 0.25) is 5.91 Å². The summed E-state index contributed by atoms with van der Waals surface area (Å²) in [6, 6.07) is 0.553. The van der Waals surface area contributed by atoms with E-state index in [-0.39, 0.29) is 6.54 Å². The first-order valence-corrected chi connectivity index (χ1v) is 8.92. The lowest BCUT2D eigenvalue weighted by atomic mass is 10.1. The quantitative estimate of drug-likeness (QED) is 0.772. The van der Waals surface area contributed by atoms with E-state index in [9.17, 15) is 22.8 Å². The van der Waals surface area contributed by atoms with E-state index in [1.807, 2.05) is 0 Å². The van der Waals surface area contributed by atoms with Crippen LogP contribution < -0.4 is 10.9 Å². The summed E-state index contributed by atoms with van der Waals surface area (Å²) in [6.45, 7) is -0.415. The minimum Gasteiger partial charge on any atom is -0.349 e. The molecule has 0 saturated heterocycles. The molecule has 6 nitrogen and oxygen atoms in total. The van der Waals surface area contributed by atoms with Gasteiger partial charge in [-0.2, -0.15) is 18.3 Å². The number of alkyl halides is 3. The molecule has 146 valence electrons. The maximum absolute atomic E-state index is 12.9. The van der Waals surface area contributed by atoms with Crippen LogP contribution in [-0.2, 0) is 36.9 Å². The Hall–Kier alpha value is -2.29. The molecule has 0 atom stereocenters. The first-order valence-electron chi connectivity index (χ1n) is 8.54. The van der Waals surface area contributed by atoms with Gasteiger partial charge in [-0.1, -0.05) is 18.0 Å². The number of hydrogen-bond acceptors (Lipinski definition) is 3. The molecule has 2 heterocycles. The number of carbonyl (C=O) groups excluding carboxylic acids is 1. The summed E-state index contributed by atoms with van der Waals surface area (Å²) in [7, 11) is 0. The lowest BCUT2D eigenvalue weighted by molar-refractivity contribution is -0.138. The number of aryl methyl sites for hydroxylation is 1. The first kappa shape index (κ1) is 19.5. The molecule has 27 heavy (non-hydrogen) atoms. The standard InChI is InChI=1S/C17H18ClF3N4O2/c18-12-6-10(17(19,20)21)8-25(16(12)27)9-15(26)22-7-14-11-4-2-1-3-5-13(11)23-24-14/h6,8H,1-5,7,9H2,(H,22,26)(H,23,24). The van der Waals surface area contributed by atoms with Gasteiger partial charge in [0.25, 0.3) is 5.56 Å². The Bertz CT molecular complexity index is 905. The number of H-pyrrole nitrogens is 1. The number of amides is 1. The monoisotopic (exact) mass is 402 g/mol. The van der Waals surface area contributed by atoms with Crippen molar-refractivity contribution in [2.75, 3.05) is 0 Å². The average molecular weight is 403 g/mol. The second-order valence-electron chi connectivity index (χ2n) is 6.47. The van der Waals surface area contributed by atoms with Gasteiger partial charge in [-0.15, -0.1) is 0 Å². The topological polar surface area (TPSA) is 79.8 Å². The number of carbonyl (C=O) groups is 1. The minimum absolute atomic E-state index is 0.145. The highest BCUT2D eigenvalue weighted by Gasteiger charge is 2.32. The predicted octanol–water partition coefficient (Wildman–Crippen LogP) is 2.83. The molecule has 0 bridgehead atoms. The molecule has 0 spiro atoms. The molecule has 0 aromatic carbocycles. The molecule has 10 heteroatoms. The van der Waals surface area contributed by atoms with Gasteiger partial charge in [-0.3, -0.25) is 14.7 Å². The van der Waals surface area contributed by atoms with E-state index in [2.05, 4.69) is 15.5 Å². The smallest absolute Gasteiger partial charge is 0.349 e. The molecule has 3 rings (SSSR count). The van der Waals surface area contributed by atoms with Gasteiger partial charge in [0, 0.05) is 11.9 Å². The molecule has 1 amide bonds. The van der Waals surface area contributed by atoms with Gasteiger partial charge in [-0.25, -0.2) is 0 Å². The summed E-state index contributed by atoms with van der Waals surface area (Å²) in [5.74, 6) is -0.599. The van der Waals surface area contributed by atoms with Crippen molar-refractivity contribution in [1.82, 2.24) is 20.1 Å². The van der Waals surface area contributed by atoms with Crippen molar-refractivity contribution in [2.45, 2.75) is 51.4 Å². The van der Waals surface area contributed by atoms with E-state index in [4.69, 9.17) is 11.6 Å². The zero-order chi connectivity index (χ0) is 19.6. The van der Waals surface area contributed by atoms with Crippen molar-refractivity contribution >= 4 is 17.5 Å². The van der Waals surface area contributed by atoms with Gasteiger partial charge in [0.05, 0.1) is 17.8 Å². The second kappa shape index (κ2) is 7.75. The summed E-state index contributed by atoms with van der Waals surface area (Å²) in [5, 5.41) is 9.22. The maximum Gasteiger partial charge on any atom is 0.417 e. The van der Waals surface area contributed by atoms with E-state index < -0.39 is 34.8 Å². The zero-order valence-corrected chi connectivity index (χ0v) is 15.1. The van der Waals surface area contributed by atoms with Crippen LogP contribution in [0, 0.1) is 0 Å². The number of rotatable bonds is 4. The van der Waals surface area contributed by atoms with Gasteiger partial charge < -0.3 is 9.88 Å². The number of fused-ring (bicyclic) bond motifs is 1. The molecular weight excluding hydrogens is 385 g/mol. The van der Waals surface area contributed by atoms with Gasteiger partial charge in [-0.05, 0) is 37.3 Å². The zero-order valence-electron chi connectivity index (χ0n) is 14.3. The summed E-state index contributed by atoms with van der Waals surface area (Å²) in [5.41, 5.74) is 0.936. The van der Waals surface area contributed by atoms with E-state index in [1.165, 1.54) is 0 Å². The van der Waals surface area contributed by atoms with Crippen molar-refractivity contribution in [3.63, 3.8) is 0 Å². The third-order valence-corrected chi connectivity index (χ3v) is 4.80. The Morgan fingerprint density at radius 1 is 1.30 bits per heavy atom. The Morgan fingerprint density at radius 2 is 2.04 bits per heavy atom. The fraction of sp³-hybridized carbons (Fsp3) is 0.471. The molecule has 2 N–H and O–H groups in total. The molecule has 2 aromatic rings. The lowest BCUT2D eigenvalue weighted by Crippen LogP contribution is -2.33. The molecule has 0 radical (unpaired) electrons. The predicted molar refractivity (Wildman–Crippen MR) is 92.4 cm³/mol. The van der Waals surface area contributed by atoms with Crippen molar-refractivity contribution < 1.29 is 18.0 Å². The van der Waals surface area contributed by atoms with Crippen molar-refractivity contribution in [3.8, 4) is 0 Å². The van der Waals surface area contributed by atoms with Crippen molar-refractivity contribution in [2.24, 2.45) is 0 Å². The molecule has 0 saturated carbocycles. The van der Waals surface area contributed by atoms with Gasteiger partial charge in [0.1, 0.15) is 11.6 Å². The van der Waals surface area contributed by atoms with Gasteiger partial charge >= 0.3 is 6.18 Å². The molecule has 1 aliphatic carbocycles. The Kier molecular flexibility index (Phi) is 5.59. The third kappa shape index (κ3) is 4.52. The van der Waals surface area contributed by atoms with Crippen LogP contribution in [0.25, 0.3) is 0 Å². The van der Waals surface area contributed by atoms with E-state index in [0.29, 0.717) is 16.8 Å². The second-order valence-corrected chi connectivity index (χ2v) is 6.88. The van der Waals surface area contributed by atoms with Crippen LogP contribution in [0.1, 0.15) is 41.8 Å². The SMILES string of the molecule is O=C(Cn1cc(C(F)(F)F)cc(Cl)c1=O)NCc1n[nH]c2c1CCCCC2. The fourth-order valence-electron chi connectivity index (χ4n) is 3.14. The maximum atomic E-state index is 12.9. The van der Waals surface area contributed by atoms with Gasteiger partial charge in [0.15, 0.2) is 0 Å². The highest BCUT2D eigenvalue weighted by molar-refractivity contribution is 6.30. The van der Waals surface area contributed by atoms with Crippen molar-refractivity contribution in [1.29, 1.82) is 0 Å². The highest BCUT2D eigenvalue weighted by atomic mass is 35.5. The van der Waals surface area contributed by atoms with Crippen LogP contribution in [-0.4, -0.2) is 20.7 Å². The molecule has 0 unspecified atom stereocenters. The Morgan fingerprint density at radius 3 is 2.78 bits per heavy atom. The van der Waals surface area contributed by atoms with Crippen molar-refractivity contribution in [3.05, 3.63) is 50.2 Å². The van der Waals surface area contributed by atoms with Crippen LogP contribution >= 0.6 is 11.6 Å². The first-order chi connectivity index (χ1) is 12.8. The number of aromatic nitrogens is 3. The molecular formula is C17H18ClF3N4O2. The van der Waals surface area contributed by atoms with E-state index >= 15 is 0 Å². The van der Waals surface area contributed by atoms with Crippen LogP contribution in [0.4, 0.5) is 13.2 Å². The fourth-order valence-corrected chi connectivity index (χ4v) is 3.36. The lowest BCUT2D eigenvalue weighted by Gasteiger charge is -2.12. The number of pyridine rings is 1. The molecule has 1 aliphatic rings. The molecule has 2 aromatic heterocycles. The summed E-state index contributed by atoms with van der Waals surface area (Å²) < 4.78 is 39.2. The Balaban J connectivity index is 1.69.